The summed E-state index contributed by atoms with van der Waals surface area (Å²) < 4.78 is 0.253. The second-order valence-corrected chi connectivity index (χ2v) is 11.7. The van der Waals surface area contributed by atoms with E-state index in [4.69, 9.17) is 11.6 Å². The number of piperazine rings is 1. The van der Waals surface area contributed by atoms with Crippen LogP contribution in [0.1, 0.15) is 44.1 Å². The fourth-order valence-corrected chi connectivity index (χ4v) is 8.27. The molecule has 27 heavy (non-hydrogen) atoms. The molecule has 5 aliphatic rings. The highest BCUT2D eigenvalue weighted by Crippen LogP contribution is 2.64. The number of amides is 1. The number of benzene rings is 1. The van der Waals surface area contributed by atoms with Crippen molar-refractivity contribution in [3.8, 4) is 0 Å². The number of nitrogens with zero attached hydrogens (tertiary/aromatic N) is 2. The molecule has 1 heterocycles. The van der Waals surface area contributed by atoms with Gasteiger partial charge in [0.05, 0.1) is 5.41 Å². The van der Waals surface area contributed by atoms with E-state index < -0.39 is 0 Å². The number of carbonyl (C=O) groups excluding carboxylic acids is 1. The van der Waals surface area contributed by atoms with Gasteiger partial charge in [0.25, 0.3) is 0 Å². The molecule has 0 N–H and O–H groups in total. The zero-order valence-electron chi connectivity index (χ0n) is 15.8. The first-order chi connectivity index (χ1) is 12.9. The highest BCUT2D eigenvalue weighted by molar-refractivity contribution is 9.10. The van der Waals surface area contributed by atoms with Gasteiger partial charge in [0.2, 0.25) is 5.91 Å². The van der Waals surface area contributed by atoms with Gasteiger partial charge in [-0.3, -0.25) is 9.69 Å². The molecule has 2 atom stereocenters. The summed E-state index contributed by atoms with van der Waals surface area (Å²) in [6.07, 6.45) is 7.27. The third-order valence-electron chi connectivity index (χ3n) is 7.42. The van der Waals surface area contributed by atoms with Gasteiger partial charge in [0, 0.05) is 42.1 Å². The first-order valence-corrected chi connectivity index (χ1v) is 11.6. The molecule has 4 aliphatic carbocycles. The Morgan fingerprint density at radius 1 is 1.04 bits per heavy atom. The highest BCUT2D eigenvalue weighted by atomic mass is 79.9. The summed E-state index contributed by atoms with van der Waals surface area (Å²) >= 11 is 10.0. The SMILES string of the molecule is O=C(N1CCN(Cc2ccc(Cl)cc2)CC1)C12CC3CC(CC(Br)(C3)C1)C2. The van der Waals surface area contributed by atoms with Crippen LogP contribution in [0.2, 0.25) is 5.02 Å². The Morgan fingerprint density at radius 2 is 1.67 bits per heavy atom. The third-order valence-corrected chi connectivity index (χ3v) is 8.60. The summed E-state index contributed by atoms with van der Waals surface area (Å²) in [6.45, 7) is 4.63. The van der Waals surface area contributed by atoms with Gasteiger partial charge < -0.3 is 4.90 Å². The van der Waals surface area contributed by atoms with E-state index in [1.807, 2.05) is 12.1 Å². The van der Waals surface area contributed by atoms with E-state index in [9.17, 15) is 4.79 Å². The second-order valence-electron chi connectivity index (χ2n) is 9.59. The van der Waals surface area contributed by atoms with Crippen LogP contribution in [0.25, 0.3) is 0 Å². The average molecular weight is 452 g/mol. The summed E-state index contributed by atoms with van der Waals surface area (Å²) in [5.41, 5.74) is 1.23. The summed E-state index contributed by atoms with van der Waals surface area (Å²) in [4.78, 5) is 18.2. The molecule has 3 nitrogen and oxygen atoms in total. The minimum atomic E-state index is -0.0636. The van der Waals surface area contributed by atoms with E-state index in [0.29, 0.717) is 5.91 Å². The normalized spacial score (nSPS) is 38.4. The van der Waals surface area contributed by atoms with Crippen molar-refractivity contribution < 1.29 is 4.79 Å². The Morgan fingerprint density at radius 3 is 2.26 bits per heavy atom. The van der Waals surface area contributed by atoms with Gasteiger partial charge in [-0.25, -0.2) is 0 Å². The van der Waals surface area contributed by atoms with Gasteiger partial charge in [-0.05, 0) is 68.1 Å². The number of halogens is 2. The highest BCUT2D eigenvalue weighted by Gasteiger charge is 2.60. The maximum atomic E-state index is 13.6. The van der Waals surface area contributed by atoms with Gasteiger partial charge >= 0.3 is 0 Å². The third kappa shape index (κ3) is 3.47. The number of carbonyl (C=O) groups is 1. The van der Waals surface area contributed by atoms with E-state index >= 15 is 0 Å². The van der Waals surface area contributed by atoms with E-state index in [1.54, 1.807) is 0 Å². The minimum absolute atomic E-state index is 0.0636. The van der Waals surface area contributed by atoms with Crippen LogP contribution in [0.15, 0.2) is 24.3 Å². The van der Waals surface area contributed by atoms with Crippen LogP contribution < -0.4 is 0 Å². The quantitative estimate of drug-likeness (QED) is 0.621. The zero-order chi connectivity index (χ0) is 18.6. The largest absolute Gasteiger partial charge is 0.340 e. The smallest absolute Gasteiger partial charge is 0.228 e. The lowest BCUT2D eigenvalue weighted by atomic mass is 9.49. The van der Waals surface area contributed by atoms with Crippen molar-refractivity contribution in [1.29, 1.82) is 0 Å². The summed E-state index contributed by atoms with van der Waals surface area (Å²) in [6, 6.07) is 8.12. The lowest BCUT2D eigenvalue weighted by Gasteiger charge is -2.60. The maximum Gasteiger partial charge on any atom is 0.228 e. The lowest BCUT2D eigenvalue weighted by molar-refractivity contribution is -0.157. The molecule has 6 rings (SSSR count). The van der Waals surface area contributed by atoms with E-state index in [0.717, 1.165) is 68.8 Å². The van der Waals surface area contributed by atoms with Crippen LogP contribution >= 0.6 is 27.5 Å². The van der Waals surface area contributed by atoms with Crippen LogP contribution in [-0.4, -0.2) is 46.2 Å². The Kier molecular flexibility index (Phi) is 4.61. The van der Waals surface area contributed by atoms with Gasteiger partial charge in [-0.2, -0.15) is 0 Å². The molecule has 5 heteroatoms. The maximum absolute atomic E-state index is 13.6. The first kappa shape index (κ1) is 18.4. The fourth-order valence-electron chi connectivity index (χ4n) is 6.69. The van der Waals surface area contributed by atoms with E-state index in [2.05, 4.69) is 37.9 Å². The monoisotopic (exact) mass is 450 g/mol. The molecular formula is C22H28BrClN2O. The van der Waals surface area contributed by atoms with Crippen LogP contribution in [0.4, 0.5) is 0 Å². The van der Waals surface area contributed by atoms with Crippen molar-refractivity contribution in [2.75, 3.05) is 26.2 Å². The van der Waals surface area contributed by atoms with Crippen LogP contribution in [0.3, 0.4) is 0 Å². The Labute approximate surface area is 175 Å². The molecular weight excluding hydrogens is 424 g/mol. The number of hydrogen-bond donors (Lipinski definition) is 0. The molecule has 1 aromatic carbocycles. The average Bonchev–Trinajstić information content (AvgIpc) is 2.62. The molecule has 146 valence electrons. The lowest BCUT2D eigenvalue weighted by Crippen LogP contribution is -2.61. The number of alkyl halides is 1. The van der Waals surface area contributed by atoms with Crippen molar-refractivity contribution in [2.45, 2.75) is 49.4 Å². The van der Waals surface area contributed by atoms with E-state index in [1.165, 1.54) is 24.8 Å². The van der Waals surface area contributed by atoms with Crippen molar-refractivity contribution in [3.05, 3.63) is 34.9 Å². The summed E-state index contributed by atoms with van der Waals surface area (Å²) in [5.74, 6) is 1.99. The first-order valence-electron chi connectivity index (χ1n) is 10.4. The van der Waals surface area contributed by atoms with Crippen molar-refractivity contribution in [3.63, 3.8) is 0 Å². The molecule has 4 saturated carbocycles. The molecule has 4 bridgehead atoms. The van der Waals surface area contributed by atoms with Crippen molar-refractivity contribution in [2.24, 2.45) is 17.3 Å². The molecule has 1 saturated heterocycles. The van der Waals surface area contributed by atoms with Gasteiger partial charge in [-0.1, -0.05) is 39.7 Å². The number of rotatable bonds is 3. The van der Waals surface area contributed by atoms with Crippen LogP contribution in [0.5, 0.6) is 0 Å². The standard InChI is InChI=1S/C22H28BrClN2O/c23-22-12-17-9-18(13-22)11-21(10-17,15-22)20(27)26-7-5-25(6-8-26)14-16-1-3-19(24)4-2-16/h1-4,17-18H,5-15H2. The molecule has 1 amide bonds. The Bertz CT molecular complexity index is 714. The molecule has 0 spiro atoms. The molecule has 0 aromatic heterocycles. The predicted octanol–water partition coefficient (Wildman–Crippen LogP) is 4.72. The molecule has 2 unspecified atom stereocenters. The number of hydrogen-bond acceptors (Lipinski definition) is 2. The topological polar surface area (TPSA) is 23.6 Å². The van der Waals surface area contributed by atoms with Crippen molar-refractivity contribution >= 4 is 33.4 Å². The van der Waals surface area contributed by atoms with Crippen LogP contribution in [0, 0.1) is 17.3 Å². The van der Waals surface area contributed by atoms with Crippen molar-refractivity contribution in [1.82, 2.24) is 9.80 Å². The predicted molar refractivity (Wildman–Crippen MR) is 112 cm³/mol. The molecule has 0 radical (unpaired) electrons. The van der Waals surface area contributed by atoms with Crippen LogP contribution in [-0.2, 0) is 11.3 Å². The molecule has 5 fully saturated rings. The van der Waals surface area contributed by atoms with Gasteiger partial charge in [0.15, 0.2) is 0 Å². The fraction of sp³-hybridized carbons (Fsp3) is 0.682. The second kappa shape index (κ2) is 6.74. The summed E-state index contributed by atoms with van der Waals surface area (Å²) in [5, 5.41) is 0.786. The Hall–Kier alpha value is -0.580. The zero-order valence-corrected chi connectivity index (χ0v) is 18.1. The minimum Gasteiger partial charge on any atom is -0.340 e. The molecule has 1 aromatic rings. The Balaban J connectivity index is 1.22. The summed E-state index contributed by atoms with van der Waals surface area (Å²) in [7, 11) is 0. The van der Waals surface area contributed by atoms with E-state index in [-0.39, 0.29) is 9.74 Å². The van der Waals surface area contributed by atoms with Gasteiger partial charge in [-0.15, -0.1) is 0 Å². The molecule has 1 aliphatic heterocycles. The van der Waals surface area contributed by atoms with Gasteiger partial charge in [0.1, 0.15) is 0 Å².